The van der Waals surface area contributed by atoms with Gasteiger partial charge in [-0.15, -0.1) is 11.3 Å². The molecule has 0 aliphatic carbocycles. The minimum Gasteiger partial charge on any atom is -0.444 e. The van der Waals surface area contributed by atoms with E-state index >= 15 is 0 Å². The van der Waals surface area contributed by atoms with E-state index in [9.17, 15) is 4.79 Å². The van der Waals surface area contributed by atoms with E-state index in [-0.39, 0.29) is 17.4 Å². The van der Waals surface area contributed by atoms with E-state index < -0.39 is 5.60 Å². The van der Waals surface area contributed by atoms with Gasteiger partial charge in [-0.2, -0.15) is 0 Å². The molecule has 1 saturated heterocycles. The van der Waals surface area contributed by atoms with Gasteiger partial charge < -0.3 is 9.64 Å². The third kappa shape index (κ3) is 3.59. The second kappa shape index (κ2) is 5.99. The number of likely N-dealkylation sites (tertiary alicyclic amines) is 1. The van der Waals surface area contributed by atoms with Crippen molar-refractivity contribution < 1.29 is 9.53 Å². The third-order valence-corrected chi connectivity index (χ3v) is 5.90. The van der Waals surface area contributed by atoms with Crippen LogP contribution in [0.5, 0.6) is 0 Å². The maximum absolute atomic E-state index is 12.4. The van der Waals surface area contributed by atoms with Crippen LogP contribution in [0.3, 0.4) is 0 Å². The molecule has 1 atom stereocenters. The minimum atomic E-state index is -0.471. The molecule has 1 aliphatic rings. The second-order valence-corrected chi connectivity index (χ2v) is 10.0. The van der Waals surface area contributed by atoms with Crippen molar-refractivity contribution in [2.24, 2.45) is 5.41 Å². The zero-order valence-electron chi connectivity index (χ0n) is 14.7. The molecule has 0 radical (unpaired) electrons. The van der Waals surface area contributed by atoms with Crippen LogP contribution in [0.15, 0.2) is 22.7 Å². The molecule has 130 valence electrons. The van der Waals surface area contributed by atoms with E-state index in [0.717, 1.165) is 15.0 Å². The number of benzene rings is 1. The molecule has 0 bridgehead atoms. The molecule has 24 heavy (non-hydrogen) atoms. The molecule has 1 aromatic heterocycles. The lowest BCUT2D eigenvalue weighted by Gasteiger charge is -2.25. The molecule has 0 saturated carbocycles. The van der Waals surface area contributed by atoms with Crippen LogP contribution >= 0.6 is 27.3 Å². The summed E-state index contributed by atoms with van der Waals surface area (Å²) in [5.74, 6) is 0.223. The van der Waals surface area contributed by atoms with Gasteiger partial charge in [-0.3, -0.25) is 0 Å². The first-order chi connectivity index (χ1) is 11.0. The van der Waals surface area contributed by atoms with Crippen molar-refractivity contribution in [3.8, 4) is 0 Å². The highest BCUT2D eigenvalue weighted by atomic mass is 79.9. The fourth-order valence-electron chi connectivity index (χ4n) is 3.08. The summed E-state index contributed by atoms with van der Waals surface area (Å²) in [6.45, 7) is 11.4. The highest BCUT2D eigenvalue weighted by Gasteiger charge is 2.44. The zero-order chi connectivity index (χ0) is 17.7. The Morgan fingerprint density at radius 3 is 2.79 bits per heavy atom. The Morgan fingerprint density at radius 2 is 2.12 bits per heavy atom. The maximum Gasteiger partial charge on any atom is 0.410 e. The highest BCUT2D eigenvalue weighted by molar-refractivity contribution is 9.10. The Hall–Kier alpha value is -1.14. The number of rotatable bonds is 1. The van der Waals surface area contributed by atoms with E-state index in [1.54, 1.807) is 11.3 Å². The van der Waals surface area contributed by atoms with Gasteiger partial charge in [0.25, 0.3) is 0 Å². The van der Waals surface area contributed by atoms with Crippen molar-refractivity contribution in [1.82, 2.24) is 9.88 Å². The van der Waals surface area contributed by atoms with Crippen molar-refractivity contribution >= 4 is 43.6 Å². The standard InChI is InChI=1S/C18H23BrN2O2S/c1-17(2,3)23-16(22)21-9-12(18(4,5)10-21)15-20-13-8-11(19)6-7-14(13)24-15/h6-8,12H,9-10H2,1-5H3. The smallest absolute Gasteiger partial charge is 0.410 e. The van der Waals surface area contributed by atoms with Crippen molar-refractivity contribution in [1.29, 1.82) is 0 Å². The number of ether oxygens (including phenoxy) is 1. The number of fused-ring (bicyclic) bond motifs is 1. The van der Waals surface area contributed by atoms with Crippen molar-refractivity contribution in [2.75, 3.05) is 13.1 Å². The second-order valence-electron chi connectivity index (χ2n) is 8.07. The minimum absolute atomic E-state index is 0.0258. The van der Waals surface area contributed by atoms with Crippen LogP contribution in [0.1, 0.15) is 45.5 Å². The fraction of sp³-hybridized carbons (Fsp3) is 0.556. The molecule has 1 amide bonds. The molecule has 0 N–H and O–H groups in total. The summed E-state index contributed by atoms with van der Waals surface area (Å²) in [4.78, 5) is 19.1. The molecule has 1 fully saturated rings. The fourth-order valence-corrected chi connectivity index (χ4v) is 4.68. The molecule has 2 heterocycles. The van der Waals surface area contributed by atoms with E-state index in [1.165, 1.54) is 4.70 Å². The van der Waals surface area contributed by atoms with Gasteiger partial charge in [0.2, 0.25) is 0 Å². The number of thiazole rings is 1. The highest BCUT2D eigenvalue weighted by Crippen LogP contribution is 2.45. The molecule has 6 heteroatoms. The normalized spacial score (nSPS) is 20.6. The Bertz CT molecular complexity index is 779. The van der Waals surface area contributed by atoms with E-state index in [0.29, 0.717) is 13.1 Å². The SMILES string of the molecule is CC(C)(C)OC(=O)N1CC(c2nc3cc(Br)ccc3s2)C(C)(C)C1. The first-order valence-corrected chi connectivity index (χ1v) is 9.70. The number of hydrogen-bond acceptors (Lipinski definition) is 4. The van der Waals surface area contributed by atoms with Crippen LogP contribution in [0.2, 0.25) is 0 Å². The molecule has 1 unspecified atom stereocenters. The lowest BCUT2D eigenvalue weighted by Crippen LogP contribution is -2.36. The Kier molecular flexibility index (Phi) is 4.41. The molecule has 0 spiro atoms. The summed E-state index contributed by atoms with van der Waals surface area (Å²) < 4.78 is 7.75. The van der Waals surface area contributed by atoms with Gasteiger partial charge in [0.15, 0.2) is 0 Å². The molecule has 4 nitrogen and oxygen atoms in total. The van der Waals surface area contributed by atoms with Crippen LogP contribution < -0.4 is 0 Å². The third-order valence-electron chi connectivity index (χ3n) is 4.26. The number of hydrogen-bond donors (Lipinski definition) is 0. The Balaban J connectivity index is 1.85. The first kappa shape index (κ1) is 17.7. The summed E-state index contributed by atoms with van der Waals surface area (Å²) in [5, 5.41) is 1.10. The average Bonchev–Trinajstić information content (AvgIpc) is 2.96. The van der Waals surface area contributed by atoms with Gasteiger partial charge in [-0.25, -0.2) is 9.78 Å². The van der Waals surface area contributed by atoms with Gasteiger partial charge in [-0.05, 0) is 44.4 Å². The van der Waals surface area contributed by atoms with Crippen molar-refractivity contribution in [2.45, 2.75) is 46.1 Å². The zero-order valence-corrected chi connectivity index (χ0v) is 17.1. The monoisotopic (exact) mass is 410 g/mol. The predicted molar refractivity (Wildman–Crippen MR) is 102 cm³/mol. The largest absolute Gasteiger partial charge is 0.444 e. The molecule has 1 aliphatic heterocycles. The summed E-state index contributed by atoms with van der Waals surface area (Å²) in [6, 6.07) is 6.17. The van der Waals surface area contributed by atoms with E-state index in [4.69, 9.17) is 9.72 Å². The number of aromatic nitrogens is 1. The van der Waals surface area contributed by atoms with Crippen LogP contribution in [0.25, 0.3) is 10.2 Å². The first-order valence-electron chi connectivity index (χ1n) is 8.09. The summed E-state index contributed by atoms with van der Waals surface area (Å²) >= 11 is 5.22. The molecule has 2 aromatic rings. The van der Waals surface area contributed by atoms with E-state index in [2.05, 4.69) is 35.8 Å². The lowest BCUT2D eigenvalue weighted by molar-refractivity contribution is 0.0278. The van der Waals surface area contributed by atoms with E-state index in [1.807, 2.05) is 37.8 Å². The summed E-state index contributed by atoms with van der Waals surface area (Å²) in [5.41, 5.74) is 0.514. The molecular formula is C18H23BrN2O2S. The van der Waals surface area contributed by atoms with Crippen molar-refractivity contribution in [3.05, 3.63) is 27.7 Å². The van der Waals surface area contributed by atoms with Crippen LogP contribution in [0.4, 0.5) is 4.79 Å². The van der Waals surface area contributed by atoms with Gasteiger partial charge in [0, 0.05) is 23.5 Å². The van der Waals surface area contributed by atoms with Gasteiger partial charge >= 0.3 is 6.09 Å². The Labute approximate surface area is 155 Å². The van der Waals surface area contributed by atoms with Crippen molar-refractivity contribution in [3.63, 3.8) is 0 Å². The van der Waals surface area contributed by atoms with Gasteiger partial charge in [-0.1, -0.05) is 29.8 Å². The average molecular weight is 411 g/mol. The molecule has 3 rings (SSSR count). The van der Waals surface area contributed by atoms with Crippen LogP contribution in [0, 0.1) is 5.41 Å². The quantitative estimate of drug-likeness (QED) is 0.629. The van der Waals surface area contributed by atoms with Gasteiger partial charge in [0.1, 0.15) is 5.60 Å². The predicted octanol–water partition coefficient (Wildman–Crippen LogP) is 5.42. The van der Waals surface area contributed by atoms with Crippen LogP contribution in [-0.4, -0.2) is 34.7 Å². The number of carbonyl (C=O) groups is 1. The lowest BCUT2D eigenvalue weighted by atomic mass is 9.82. The Morgan fingerprint density at radius 1 is 1.42 bits per heavy atom. The number of carbonyl (C=O) groups excluding carboxylic acids is 1. The molecule has 1 aromatic carbocycles. The maximum atomic E-state index is 12.4. The molecular weight excluding hydrogens is 388 g/mol. The number of amides is 1. The van der Waals surface area contributed by atoms with Crippen LogP contribution in [-0.2, 0) is 4.74 Å². The number of halogens is 1. The topological polar surface area (TPSA) is 42.4 Å². The summed E-state index contributed by atoms with van der Waals surface area (Å²) in [6.07, 6.45) is -0.234. The summed E-state index contributed by atoms with van der Waals surface area (Å²) in [7, 11) is 0. The van der Waals surface area contributed by atoms with Gasteiger partial charge in [0.05, 0.1) is 15.2 Å². The number of nitrogens with zero attached hydrogens (tertiary/aromatic N) is 2.